The zero-order valence-electron chi connectivity index (χ0n) is 20.3. The first-order chi connectivity index (χ1) is 17.6. The monoisotopic (exact) mass is 556 g/mol. The number of nitrogens with two attached hydrogens (primary N) is 1. The number of ether oxygens (including phenoxy) is 5. The van der Waals surface area contributed by atoms with Crippen molar-refractivity contribution < 1.29 is 52.8 Å². The van der Waals surface area contributed by atoms with Crippen LogP contribution >= 0.6 is 12.4 Å². The summed E-state index contributed by atoms with van der Waals surface area (Å²) in [5.41, 5.74) is 5.39. The number of para-hydroxylation sites is 1. The number of nitrogens with zero attached hydrogens (tertiary/aromatic N) is 1. The van der Waals surface area contributed by atoms with Gasteiger partial charge in [0.1, 0.15) is 17.4 Å². The molecule has 38 heavy (non-hydrogen) atoms. The Labute approximate surface area is 222 Å². The van der Waals surface area contributed by atoms with Gasteiger partial charge in [-0.05, 0) is 37.3 Å². The molecule has 2 aromatic carbocycles. The van der Waals surface area contributed by atoms with E-state index in [0.717, 1.165) is 6.07 Å². The zero-order valence-corrected chi connectivity index (χ0v) is 21.1. The maximum absolute atomic E-state index is 12.5. The molecule has 0 fully saturated rings. The molecule has 2 N–H and O–H groups in total. The molecule has 0 aliphatic rings. The summed E-state index contributed by atoms with van der Waals surface area (Å²) in [4.78, 5) is 62.3. The summed E-state index contributed by atoms with van der Waals surface area (Å²) in [6, 6.07) is 8.63. The highest BCUT2D eigenvalue weighted by Gasteiger charge is 2.19. The second kappa shape index (κ2) is 15.6. The highest BCUT2D eigenvalue weighted by molar-refractivity contribution is 5.94. The van der Waals surface area contributed by atoms with Crippen molar-refractivity contribution in [1.82, 2.24) is 0 Å². The molecule has 0 bridgehead atoms. The van der Waals surface area contributed by atoms with Crippen molar-refractivity contribution in [3.63, 3.8) is 0 Å². The molecule has 14 nitrogen and oxygen atoms in total. The van der Waals surface area contributed by atoms with Gasteiger partial charge < -0.3 is 34.3 Å². The Morgan fingerprint density at radius 3 is 2.29 bits per heavy atom. The fourth-order valence-corrected chi connectivity index (χ4v) is 2.59. The highest BCUT2D eigenvalue weighted by Crippen LogP contribution is 2.29. The summed E-state index contributed by atoms with van der Waals surface area (Å²) in [5.74, 6) is -3.39. The summed E-state index contributed by atoms with van der Waals surface area (Å²) in [5, 5.41) is 9.26. The fraction of sp³-hybridized carbons (Fsp3) is 0.304. The van der Waals surface area contributed by atoms with Crippen molar-refractivity contribution in [2.24, 2.45) is 5.73 Å². The van der Waals surface area contributed by atoms with Gasteiger partial charge in [0.2, 0.25) is 6.79 Å². The molecule has 15 heteroatoms. The first-order valence-corrected chi connectivity index (χ1v) is 10.7. The van der Waals surface area contributed by atoms with E-state index in [1.165, 1.54) is 44.2 Å². The Balaban J connectivity index is 0.00000722. The molecule has 0 saturated carbocycles. The smallest absolute Gasteiger partial charge is 0.344 e. The van der Waals surface area contributed by atoms with Crippen LogP contribution in [0.3, 0.4) is 0 Å². The van der Waals surface area contributed by atoms with Gasteiger partial charge >= 0.3 is 23.9 Å². The number of halogens is 1. The predicted molar refractivity (Wildman–Crippen MR) is 129 cm³/mol. The number of hydrogen-bond donors (Lipinski definition) is 1. The van der Waals surface area contributed by atoms with E-state index >= 15 is 0 Å². The molecule has 1 atom stereocenters. The number of benzene rings is 2. The molecule has 0 amide bonds. The number of rotatable bonds is 13. The van der Waals surface area contributed by atoms with Gasteiger partial charge in [-0.25, -0.2) is 14.4 Å². The number of hydrogen-bond acceptors (Lipinski definition) is 13. The van der Waals surface area contributed by atoms with Crippen molar-refractivity contribution in [3.8, 4) is 17.2 Å². The van der Waals surface area contributed by atoms with Crippen molar-refractivity contribution in [3.05, 3.63) is 63.7 Å². The van der Waals surface area contributed by atoms with Crippen LogP contribution in [0.15, 0.2) is 42.5 Å². The van der Waals surface area contributed by atoms with E-state index in [0.29, 0.717) is 0 Å². The van der Waals surface area contributed by atoms with Crippen LogP contribution in [0.2, 0.25) is 0 Å². The molecule has 0 heterocycles. The summed E-state index contributed by atoms with van der Waals surface area (Å²) >= 11 is 0. The third-order valence-electron chi connectivity index (χ3n) is 4.25. The maximum atomic E-state index is 12.5. The molecular formula is C23H25ClN2O12. The summed E-state index contributed by atoms with van der Waals surface area (Å²) in [6.07, 6.45) is 0.150. The Kier molecular flexibility index (Phi) is 13.0. The average molecular weight is 557 g/mol. The molecule has 0 spiro atoms. The van der Waals surface area contributed by atoms with Crippen LogP contribution < -0.4 is 19.9 Å². The van der Waals surface area contributed by atoms with Crippen LogP contribution in [-0.2, 0) is 23.9 Å². The third kappa shape index (κ3) is 10.3. The van der Waals surface area contributed by atoms with E-state index < -0.39 is 41.8 Å². The molecule has 0 saturated heterocycles. The largest absolute Gasteiger partial charge is 0.490 e. The molecule has 2 aromatic rings. The Morgan fingerprint density at radius 1 is 0.947 bits per heavy atom. The first kappa shape index (κ1) is 31.6. The average Bonchev–Trinajstić information content (AvgIpc) is 2.84. The Hall–Kier alpha value is -4.43. The minimum absolute atomic E-state index is 0. The highest BCUT2D eigenvalue weighted by atomic mass is 35.5. The van der Waals surface area contributed by atoms with E-state index in [1.807, 2.05) is 0 Å². The lowest BCUT2D eigenvalue weighted by Crippen LogP contribution is -2.31. The normalized spacial score (nSPS) is 10.7. The van der Waals surface area contributed by atoms with Gasteiger partial charge in [0.15, 0.2) is 11.5 Å². The topological polar surface area (TPSA) is 193 Å². The van der Waals surface area contributed by atoms with E-state index in [9.17, 15) is 29.3 Å². The van der Waals surface area contributed by atoms with E-state index in [4.69, 9.17) is 29.4 Å². The Bertz CT molecular complexity index is 1150. The fourth-order valence-electron chi connectivity index (χ4n) is 2.59. The van der Waals surface area contributed by atoms with Gasteiger partial charge in [0, 0.05) is 13.3 Å². The molecular weight excluding hydrogens is 532 g/mol. The van der Waals surface area contributed by atoms with Crippen LogP contribution in [0.25, 0.3) is 0 Å². The number of carbonyl (C=O) groups is 4. The second-order valence-corrected chi connectivity index (χ2v) is 7.20. The quantitative estimate of drug-likeness (QED) is 0.0943. The van der Waals surface area contributed by atoms with Gasteiger partial charge in [-0.15, -0.1) is 22.5 Å². The molecule has 0 radical (unpaired) electrons. The van der Waals surface area contributed by atoms with Crippen molar-refractivity contribution >= 4 is 36.3 Å². The molecule has 0 aromatic heterocycles. The van der Waals surface area contributed by atoms with Gasteiger partial charge in [-0.3, -0.25) is 4.79 Å². The van der Waals surface area contributed by atoms with Crippen molar-refractivity contribution in [1.29, 1.82) is 0 Å². The minimum atomic E-state index is -0.980. The predicted octanol–water partition coefficient (Wildman–Crippen LogP) is 2.23. The van der Waals surface area contributed by atoms with Gasteiger partial charge in [0.05, 0.1) is 18.8 Å². The first-order valence-electron chi connectivity index (χ1n) is 10.7. The standard InChI is InChI=1S/C23H24N2O12.ClH/c1-14(24)21(27)37-20-12-16(8-9-19(20)32-10-5-11-35-25(30)31)22(28)33-13-34-23(29)17-6-3-4-7-18(17)36-15(2)26;/h3-4,6-9,12,14H,5,10-11,13,24H2,1-2H3;1H/t14-;/m0./s1. The summed E-state index contributed by atoms with van der Waals surface area (Å²) in [6.45, 7) is 1.56. The number of carbonyl (C=O) groups excluding carboxylic acids is 4. The van der Waals surface area contributed by atoms with Gasteiger partial charge in [0.25, 0.3) is 5.09 Å². The maximum Gasteiger partial charge on any atom is 0.344 e. The lowest BCUT2D eigenvalue weighted by molar-refractivity contribution is -0.757. The van der Waals surface area contributed by atoms with E-state index in [-0.39, 0.29) is 60.4 Å². The second-order valence-electron chi connectivity index (χ2n) is 7.20. The molecule has 2 rings (SSSR count). The van der Waals surface area contributed by atoms with Gasteiger partial charge in [-0.2, -0.15) is 0 Å². The van der Waals surface area contributed by atoms with Crippen LogP contribution in [0.5, 0.6) is 17.2 Å². The molecule has 0 aliphatic heterocycles. The van der Waals surface area contributed by atoms with Crippen LogP contribution in [0.1, 0.15) is 41.0 Å². The SMILES string of the molecule is CC(=O)Oc1ccccc1C(=O)OCOC(=O)c1ccc(OCCCO[N+](=O)[O-])c(OC(=O)[C@H](C)N)c1.Cl. The number of esters is 4. The Morgan fingerprint density at radius 2 is 1.63 bits per heavy atom. The van der Waals surface area contributed by atoms with Crippen LogP contribution in [-0.4, -0.2) is 55.0 Å². The van der Waals surface area contributed by atoms with E-state index in [1.54, 1.807) is 6.07 Å². The van der Waals surface area contributed by atoms with Gasteiger partial charge in [-0.1, -0.05) is 12.1 Å². The molecule has 0 unspecified atom stereocenters. The van der Waals surface area contributed by atoms with Crippen molar-refractivity contribution in [2.75, 3.05) is 20.0 Å². The van der Waals surface area contributed by atoms with Crippen molar-refractivity contribution in [2.45, 2.75) is 26.3 Å². The van der Waals surface area contributed by atoms with Crippen LogP contribution in [0, 0.1) is 10.1 Å². The lowest BCUT2D eigenvalue weighted by Gasteiger charge is -2.14. The summed E-state index contributed by atoms with van der Waals surface area (Å²) in [7, 11) is 0. The minimum Gasteiger partial charge on any atom is -0.490 e. The summed E-state index contributed by atoms with van der Waals surface area (Å²) < 4.78 is 25.4. The zero-order chi connectivity index (χ0) is 27.4. The lowest BCUT2D eigenvalue weighted by atomic mass is 10.2. The third-order valence-corrected chi connectivity index (χ3v) is 4.25. The molecule has 0 aliphatic carbocycles. The van der Waals surface area contributed by atoms with E-state index in [2.05, 4.69) is 4.84 Å². The van der Waals surface area contributed by atoms with Crippen LogP contribution in [0.4, 0.5) is 0 Å². The molecule has 206 valence electrons.